The van der Waals surface area contributed by atoms with Crippen LogP contribution in [0.5, 0.6) is 0 Å². The summed E-state index contributed by atoms with van der Waals surface area (Å²) in [6.07, 6.45) is 1.77. The Bertz CT molecular complexity index is 861. The van der Waals surface area contributed by atoms with Gasteiger partial charge < -0.3 is 4.90 Å². The van der Waals surface area contributed by atoms with Crippen molar-refractivity contribution in [1.29, 1.82) is 0 Å². The smallest absolute Gasteiger partial charge is 0.208 e. The van der Waals surface area contributed by atoms with E-state index in [1.54, 1.807) is 6.08 Å². The van der Waals surface area contributed by atoms with E-state index in [-0.39, 0.29) is 16.6 Å². The first-order valence-electron chi connectivity index (χ1n) is 8.74. The molecule has 0 saturated carbocycles. The minimum atomic E-state index is -0.185. The van der Waals surface area contributed by atoms with E-state index in [0.717, 1.165) is 17.2 Å². The van der Waals surface area contributed by atoms with Crippen LogP contribution in [0.1, 0.15) is 46.0 Å². The van der Waals surface area contributed by atoms with E-state index in [1.165, 1.54) is 17.3 Å². The molecule has 26 heavy (non-hydrogen) atoms. The largest absolute Gasteiger partial charge is 0.347 e. The number of hydrogen-bond donors (Lipinski definition) is 1. The van der Waals surface area contributed by atoms with Crippen LogP contribution in [0.3, 0.4) is 0 Å². The van der Waals surface area contributed by atoms with Gasteiger partial charge in [-0.25, -0.2) is 4.98 Å². The maximum atomic E-state index is 12.6. The third-order valence-corrected chi connectivity index (χ3v) is 5.63. The van der Waals surface area contributed by atoms with E-state index in [0.29, 0.717) is 10.9 Å². The maximum Gasteiger partial charge on any atom is 0.208 e. The Hall–Kier alpha value is -2.08. The zero-order valence-electron chi connectivity index (χ0n) is 16.3. The second kappa shape index (κ2) is 6.58. The minimum Gasteiger partial charge on any atom is -0.347 e. The van der Waals surface area contributed by atoms with Gasteiger partial charge in [0.05, 0.1) is 5.75 Å². The Morgan fingerprint density at radius 3 is 2.62 bits per heavy atom. The number of nitrogens with one attached hydrogen (secondary N) is 1. The zero-order valence-corrected chi connectivity index (χ0v) is 17.1. The fourth-order valence-electron chi connectivity index (χ4n) is 3.24. The molecule has 0 amide bonds. The normalized spacial score (nSPS) is 17.6. The lowest BCUT2D eigenvalue weighted by molar-refractivity contribution is -0.112. The van der Waals surface area contributed by atoms with Gasteiger partial charge >= 0.3 is 0 Å². The van der Waals surface area contributed by atoms with Gasteiger partial charge in [0, 0.05) is 35.3 Å². The van der Waals surface area contributed by atoms with Crippen LogP contribution < -0.4 is 4.90 Å². The van der Waals surface area contributed by atoms with Gasteiger partial charge in [0.15, 0.2) is 5.78 Å². The summed E-state index contributed by atoms with van der Waals surface area (Å²) in [6.45, 7) is 10.5. The topological polar surface area (TPSA) is 61.9 Å². The molecule has 1 aromatic heterocycles. The number of H-pyrrole nitrogens is 1. The number of fused-ring (bicyclic) bond motifs is 1. The molecule has 6 heteroatoms. The molecule has 3 rings (SSSR count). The average molecular weight is 371 g/mol. The van der Waals surface area contributed by atoms with Crippen LogP contribution in [0.2, 0.25) is 0 Å². The SMILES string of the molecule is CN1/C(=C\C(=O)CSc2n[nH]c(C(C)(C)C)n2)C(C)(C)c2ccccc21. The third-order valence-electron chi connectivity index (χ3n) is 4.76. The molecular formula is C20H26N4OS. The van der Waals surface area contributed by atoms with Crippen molar-refractivity contribution in [2.75, 3.05) is 17.7 Å². The predicted octanol–water partition coefficient (Wildman–Crippen LogP) is 4.07. The predicted molar refractivity (Wildman–Crippen MR) is 107 cm³/mol. The summed E-state index contributed by atoms with van der Waals surface area (Å²) in [6, 6.07) is 8.31. The maximum absolute atomic E-state index is 12.6. The van der Waals surface area contributed by atoms with Crippen molar-refractivity contribution in [2.45, 2.75) is 50.6 Å². The van der Waals surface area contributed by atoms with Crippen LogP contribution in [0.4, 0.5) is 5.69 Å². The number of thioether (sulfide) groups is 1. The number of aromatic amines is 1. The van der Waals surface area contributed by atoms with E-state index < -0.39 is 0 Å². The molecule has 0 unspecified atom stereocenters. The Kier molecular flexibility index (Phi) is 4.73. The van der Waals surface area contributed by atoms with Gasteiger partial charge in [0.2, 0.25) is 5.16 Å². The van der Waals surface area contributed by atoms with Gasteiger partial charge in [-0.2, -0.15) is 0 Å². The molecule has 0 radical (unpaired) electrons. The number of nitrogens with zero attached hydrogens (tertiary/aromatic N) is 3. The van der Waals surface area contributed by atoms with Crippen LogP contribution in [-0.2, 0) is 15.6 Å². The third kappa shape index (κ3) is 3.43. The van der Waals surface area contributed by atoms with Gasteiger partial charge in [0.25, 0.3) is 0 Å². The molecule has 5 nitrogen and oxygen atoms in total. The highest BCUT2D eigenvalue weighted by Crippen LogP contribution is 2.46. The lowest BCUT2D eigenvalue weighted by atomic mass is 9.83. The monoisotopic (exact) mass is 370 g/mol. The average Bonchev–Trinajstić information content (AvgIpc) is 3.12. The van der Waals surface area contributed by atoms with E-state index in [1.807, 2.05) is 19.2 Å². The van der Waals surface area contributed by atoms with Crippen LogP contribution in [0, 0.1) is 0 Å². The van der Waals surface area contributed by atoms with Crippen molar-refractivity contribution < 1.29 is 4.79 Å². The number of anilines is 1. The van der Waals surface area contributed by atoms with Gasteiger partial charge in [-0.05, 0) is 11.6 Å². The van der Waals surface area contributed by atoms with Crippen molar-refractivity contribution in [3.8, 4) is 0 Å². The lowest BCUT2D eigenvalue weighted by Gasteiger charge is -2.23. The summed E-state index contributed by atoms with van der Waals surface area (Å²) in [5.41, 5.74) is 3.16. The number of para-hydroxylation sites is 1. The number of aromatic nitrogens is 3. The summed E-state index contributed by atoms with van der Waals surface area (Å²) in [5.74, 6) is 1.23. The second-order valence-electron chi connectivity index (χ2n) is 8.20. The van der Waals surface area contributed by atoms with Crippen molar-refractivity contribution in [1.82, 2.24) is 15.2 Å². The first-order chi connectivity index (χ1) is 12.1. The first kappa shape index (κ1) is 18.7. The van der Waals surface area contributed by atoms with Gasteiger partial charge in [-0.3, -0.25) is 9.89 Å². The number of hydrogen-bond acceptors (Lipinski definition) is 5. The van der Waals surface area contributed by atoms with Crippen LogP contribution in [0.15, 0.2) is 41.2 Å². The molecule has 2 aromatic rings. The number of rotatable bonds is 4. The van der Waals surface area contributed by atoms with Crippen molar-refractivity contribution in [2.24, 2.45) is 0 Å². The van der Waals surface area contributed by atoms with Crippen molar-refractivity contribution >= 4 is 23.2 Å². The molecule has 1 aliphatic rings. The molecule has 138 valence electrons. The molecule has 1 N–H and O–H groups in total. The van der Waals surface area contributed by atoms with E-state index >= 15 is 0 Å². The molecule has 1 aliphatic heterocycles. The molecule has 0 aliphatic carbocycles. The molecule has 0 spiro atoms. The molecule has 0 bridgehead atoms. The molecule has 2 heterocycles. The summed E-state index contributed by atoms with van der Waals surface area (Å²) in [4.78, 5) is 19.2. The van der Waals surface area contributed by atoms with E-state index in [2.05, 4.69) is 66.8 Å². The Morgan fingerprint density at radius 2 is 2.00 bits per heavy atom. The first-order valence-corrected chi connectivity index (χ1v) is 9.73. The zero-order chi connectivity index (χ0) is 19.1. The molecule has 1 aromatic carbocycles. The van der Waals surface area contributed by atoms with Crippen LogP contribution >= 0.6 is 11.8 Å². The molecule has 0 atom stereocenters. The van der Waals surface area contributed by atoms with Crippen LogP contribution in [-0.4, -0.2) is 33.8 Å². The van der Waals surface area contributed by atoms with Crippen LogP contribution in [0.25, 0.3) is 0 Å². The Balaban J connectivity index is 1.73. The van der Waals surface area contributed by atoms with Gasteiger partial charge in [0.1, 0.15) is 5.82 Å². The highest BCUT2D eigenvalue weighted by molar-refractivity contribution is 7.99. The summed E-state index contributed by atoms with van der Waals surface area (Å²) >= 11 is 1.37. The lowest BCUT2D eigenvalue weighted by Crippen LogP contribution is -2.24. The second-order valence-corrected chi connectivity index (χ2v) is 9.14. The van der Waals surface area contributed by atoms with E-state index in [9.17, 15) is 4.79 Å². The highest BCUT2D eigenvalue weighted by Gasteiger charge is 2.38. The number of likely N-dealkylation sites (N-methyl/N-ethyl adjacent to an activating group) is 1. The van der Waals surface area contributed by atoms with Crippen molar-refractivity contribution in [3.05, 3.63) is 47.4 Å². The highest BCUT2D eigenvalue weighted by atomic mass is 32.2. The summed E-state index contributed by atoms with van der Waals surface area (Å²) < 4.78 is 0. The van der Waals surface area contributed by atoms with Gasteiger partial charge in [-0.1, -0.05) is 64.6 Å². The number of carbonyl (C=O) groups excluding carboxylic acids is 1. The molecule has 0 saturated heterocycles. The summed E-state index contributed by atoms with van der Waals surface area (Å²) in [5, 5.41) is 7.78. The minimum absolute atomic E-state index is 0.0693. The Labute approximate surface area is 159 Å². The molecule has 0 fully saturated rings. The standard InChI is InChI=1S/C20H26N4OS/c1-19(2,3)17-21-18(23-22-17)26-12-13(25)11-16-20(4,5)14-9-7-8-10-15(14)24(16)6/h7-11H,12H2,1-6H3,(H,21,22,23)/b16-11-. The number of ketones is 1. The number of carbonyl (C=O) groups is 1. The van der Waals surface area contributed by atoms with Gasteiger partial charge in [-0.15, -0.1) is 5.10 Å². The summed E-state index contributed by atoms with van der Waals surface area (Å²) in [7, 11) is 2.02. The van der Waals surface area contributed by atoms with E-state index in [4.69, 9.17) is 0 Å². The fraction of sp³-hybridized carbons (Fsp3) is 0.450. The molecular weight excluding hydrogens is 344 g/mol. The number of benzene rings is 1. The van der Waals surface area contributed by atoms with Crippen molar-refractivity contribution in [3.63, 3.8) is 0 Å². The quantitative estimate of drug-likeness (QED) is 0.649. The Morgan fingerprint density at radius 1 is 1.31 bits per heavy atom. The number of allylic oxidation sites excluding steroid dienone is 2. The fourth-order valence-corrected chi connectivity index (χ4v) is 3.86.